The average Bonchev–Trinajstić information content (AvgIpc) is 2.77. The number of nitrogens with one attached hydrogen (secondary N) is 1. The van der Waals surface area contributed by atoms with Gasteiger partial charge in [-0.25, -0.2) is 8.78 Å². The summed E-state index contributed by atoms with van der Waals surface area (Å²) in [6.07, 6.45) is 0.544. The van der Waals surface area contributed by atoms with Crippen molar-refractivity contribution in [3.63, 3.8) is 0 Å². The monoisotopic (exact) mass is 460 g/mol. The molecule has 0 aliphatic carbocycles. The number of fused-ring (bicyclic) bond motifs is 1. The van der Waals surface area contributed by atoms with Gasteiger partial charge in [-0.2, -0.15) is 0 Å². The van der Waals surface area contributed by atoms with Gasteiger partial charge in [0.2, 0.25) is 5.91 Å². The van der Waals surface area contributed by atoms with Crippen LogP contribution in [0.2, 0.25) is 0 Å². The maximum absolute atomic E-state index is 13.7. The Bertz CT molecular complexity index is 944. The van der Waals surface area contributed by atoms with Crippen molar-refractivity contribution in [1.29, 1.82) is 0 Å². The molecule has 2 heterocycles. The van der Waals surface area contributed by atoms with E-state index >= 15 is 0 Å². The van der Waals surface area contributed by atoms with E-state index < -0.39 is 6.10 Å². The van der Waals surface area contributed by atoms with Crippen LogP contribution in [-0.2, 0) is 27.4 Å². The van der Waals surface area contributed by atoms with Crippen molar-refractivity contribution in [1.82, 2.24) is 10.2 Å². The van der Waals surface area contributed by atoms with Gasteiger partial charge in [-0.1, -0.05) is 24.3 Å². The first-order valence-electron chi connectivity index (χ1n) is 11.4. The quantitative estimate of drug-likeness (QED) is 0.694. The second kappa shape index (κ2) is 11.2. The molecule has 0 spiro atoms. The normalized spacial score (nSPS) is 26.2. The molecule has 4 rings (SSSR count). The van der Waals surface area contributed by atoms with Crippen molar-refractivity contribution < 1.29 is 28.2 Å². The first-order chi connectivity index (χ1) is 16.0. The van der Waals surface area contributed by atoms with Gasteiger partial charge in [-0.05, 0) is 48.2 Å². The second-order valence-electron chi connectivity index (χ2n) is 8.80. The van der Waals surface area contributed by atoms with Crippen LogP contribution in [0, 0.1) is 11.6 Å². The van der Waals surface area contributed by atoms with E-state index in [9.17, 15) is 18.7 Å². The summed E-state index contributed by atoms with van der Waals surface area (Å²) in [6.45, 7) is 1.68. The van der Waals surface area contributed by atoms with Crippen LogP contribution in [0.4, 0.5) is 8.78 Å². The predicted octanol–water partition coefficient (Wildman–Crippen LogP) is 2.78. The van der Waals surface area contributed by atoms with Gasteiger partial charge in [-0.15, -0.1) is 0 Å². The number of ether oxygens (including phenoxy) is 2. The number of nitrogens with zero attached hydrogens (tertiary/aromatic N) is 1. The fraction of sp³-hybridized carbons (Fsp3) is 0.480. The van der Waals surface area contributed by atoms with Crippen LogP contribution in [0.3, 0.4) is 0 Å². The number of hydrogen-bond acceptors (Lipinski definition) is 5. The molecule has 4 atom stereocenters. The maximum Gasteiger partial charge on any atom is 0.222 e. The average molecular weight is 461 g/mol. The summed E-state index contributed by atoms with van der Waals surface area (Å²) in [4.78, 5) is 14.6. The number of carbonyl (C=O) groups excluding carboxylic acids is 1. The number of rotatable bonds is 6. The molecule has 8 heteroatoms. The van der Waals surface area contributed by atoms with Crippen molar-refractivity contribution in [2.24, 2.45) is 0 Å². The van der Waals surface area contributed by atoms with E-state index in [-0.39, 0.29) is 55.4 Å². The van der Waals surface area contributed by atoms with Crippen LogP contribution in [-0.4, -0.2) is 60.0 Å². The molecule has 2 saturated heterocycles. The smallest absolute Gasteiger partial charge is 0.222 e. The van der Waals surface area contributed by atoms with Gasteiger partial charge in [0.15, 0.2) is 0 Å². The summed E-state index contributed by atoms with van der Waals surface area (Å²) in [5, 5.41) is 13.1. The molecule has 2 aromatic carbocycles. The molecule has 2 aliphatic heterocycles. The Labute approximate surface area is 192 Å². The number of benzene rings is 2. The Balaban J connectivity index is 1.34. The SMILES string of the molecule is O=C(C[C@H]1CC[C@H]2[C@@H](COC[C@H](O)CN2Cc2cccc(F)c2)O1)NCc1cccc(F)c1. The Hall–Kier alpha value is -2.39. The Morgan fingerprint density at radius 2 is 1.79 bits per heavy atom. The minimum Gasteiger partial charge on any atom is -0.389 e. The number of aliphatic hydroxyl groups is 1. The Morgan fingerprint density at radius 3 is 2.55 bits per heavy atom. The van der Waals surface area contributed by atoms with Gasteiger partial charge in [0.1, 0.15) is 11.6 Å². The largest absolute Gasteiger partial charge is 0.389 e. The zero-order chi connectivity index (χ0) is 23.2. The van der Waals surface area contributed by atoms with Crippen LogP contribution in [0.5, 0.6) is 0 Å². The third kappa shape index (κ3) is 6.80. The molecule has 2 N–H and O–H groups in total. The summed E-state index contributed by atoms with van der Waals surface area (Å²) >= 11 is 0. The first kappa shape index (κ1) is 23.8. The summed E-state index contributed by atoms with van der Waals surface area (Å²) < 4.78 is 38.9. The minimum absolute atomic E-state index is 0.00479. The highest BCUT2D eigenvalue weighted by Crippen LogP contribution is 2.29. The van der Waals surface area contributed by atoms with Gasteiger partial charge >= 0.3 is 0 Å². The highest BCUT2D eigenvalue weighted by molar-refractivity contribution is 5.76. The molecule has 0 unspecified atom stereocenters. The van der Waals surface area contributed by atoms with Crippen molar-refractivity contribution in [3.05, 3.63) is 71.3 Å². The van der Waals surface area contributed by atoms with E-state index in [4.69, 9.17) is 9.47 Å². The van der Waals surface area contributed by atoms with Gasteiger partial charge in [0.25, 0.3) is 0 Å². The topological polar surface area (TPSA) is 71.0 Å². The molecular formula is C25H30F2N2O4. The highest BCUT2D eigenvalue weighted by Gasteiger charge is 2.38. The minimum atomic E-state index is -0.633. The molecule has 0 aromatic heterocycles. The molecule has 0 bridgehead atoms. The first-order valence-corrected chi connectivity index (χ1v) is 11.4. The number of β-amino-alcohol motifs (C(OH)–C–C–N with tert-alkyl or cyclic N) is 1. The van der Waals surface area contributed by atoms with Gasteiger partial charge in [0, 0.05) is 25.7 Å². The molecule has 2 aliphatic rings. The molecule has 0 saturated carbocycles. The van der Waals surface area contributed by atoms with E-state index in [1.165, 1.54) is 24.3 Å². The molecule has 2 aromatic rings. The molecule has 2 fully saturated rings. The van der Waals surface area contributed by atoms with Crippen LogP contribution < -0.4 is 5.32 Å². The third-order valence-corrected chi connectivity index (χ3v) is 6.15. The van der Waals surface area contributed by atoms with E-state index in [0.717, 1.165) is 12.0 Å². The third-order valence-electron chi connectivity index (χ3n) is 6.15. The zero-order valence-electron chi connectivity index (χ0n) is 18.5. The predicted molar refractivity (Wildman–Crippen MR) is 118 cm³/mol. The van der Waals surface area contributed by atoms with Crippen LogP contribution in [0.25, 0.3) is 0 Å². The van der Waals surface area contributed by atoms with Crippen LogP contribution in [0.15, 0.2) is 48.5 Å². The fourth-order valence-electron chi connectivity index (χ4n) is 4.62. The zero-order valence-corrected chi connectivity index (χ0v) is 18.5. The van der Waals surface area contributed by atoms with Crippen LogP contribution in [0.1, 0.15) is 30.4 Å². The lowest BCUT2D eigenvalue weighted by Gasteiger charge is -2.44. The standard InChI is InChI=1S/C25H30F2N2O4/c26-19-5-1-3-17(9-19)12-28-25(31)11-22-7-8-23-24(33-22)16-32-15-21(30)14-29(23)13-18-4-2-6-20(27)10-18/h1-6,9-10,21-24,30H,7-8,11-16H2,(H,28,31)/t21-,22-,23+,24-/m1/s1. The summed E-state index contributed by atoms with van der Waals surface area (Å²) in [5.41, 5.74) is 1.54. The van der Waals surface area contributed by atoms with Crippen molar-refractivity contribution in [2.45, 2.75) is 56.7 Å². The molecule has 0 radical (unpaired) electrons. The summed E-state index contributed by atoms with van der Waals surface area (Å²) in [7, 11) is 0. The van der Waals surface area contributed by atoms with Crippen molar-refractivity contribution in [3.8, 4) is 0 Å². The fourth-order valence-corrected chi connectivity index (χ4v) is 4.62. The number of carbonyl (C=O) groups is 1. The maximum atomic E-state index is 13.7. The van der Waals surface area contributed by atoms with Gasteiger partial charge in [0.05, 0.1) is 37.9 Å². The van der Waals surface area contributed by atoms with Crippen molar-refractivity contribution >= 4 is 5.91 Å². The van der Waals surface area contributed by atoms with E-state index in [2.05, 4.69) is 10.2 Å². The number of amides is 1. The van der Waals surface area contributed by atoms with Gasteiger partial charge < -0.3 is 19.9 Å². The lowest BCUT2D eigenvalue weighted by atomic mass is 9.94. The van der Waals surface area contributed by atoms with Crippen molar-refractivity contribution in [2.75, 3.05) is 19.8 Å². The van der Waals surface area contributed by atoms with E-state index in [1.807, 2.05) is 6.07 Å². The lowest BCUT2D eigenvalue weighted by molar-refractivity contribution is -0.158. The summed E-state index contributed by atoms with van der Waals surface area (Å²) in [5.74, 6) is -0.772. The van der Waals surface area contributed by atoms with Gasteiger partial charge in [-0.3, -0.25) is 9.69 Å². The summed E-state index contributed by atoms with van der Waals surface area (Å²) in [6, 6.07) is 12.6. The molecule has 1 amide bonds. The highest BCUT2D eigenvalue weighted by atomic mass is 19.1. The van der Waals surface area contributed by atoms with E-state index in [0.29, 0.717) is 31.7 Å². The molecule has 33 heavy (non-hydrogen) atoms. The second-order valence-corrected chi connectivity index (χ2v) is 8.80. The Kier molecular flexibility index (Phi) is 8.03. The molecular weight excluding hydrogens is 430 g/mol. The number of hydrogen-bond donors (Lipinski definition) is 2. The Morgan fingerprint density at radius 1 is 1.06 bits per heavy atom. The number of aliphatic hydroxyl groups excluding tert-OH is 1. The lowest BCUT2D eigenvalue weighted by Crippen LogP contribution is -2.55. The van der Waals surface area contributed by atoms with Crippen LogP contribution >= 0.6 is 0 Å². The number of halogens is 2. The molecule has 6 nitrogen and oxygen atoms in total. The van der Waals surface area contributed by atoms with E-state index in [1.54, 1.807) is 18.2 Å². The molecule has 178 valence electrons.